The molecule has 3 N–H and O–H groups in total. The second-order valence-corrected chi connectivity index (χ2v) is 5.51. The number of rotatable bonds is 3. The normalized spacial score (nSPS) is 23.3. The number of fused-ring (bicyclic) bond motifs is 1. The molecule has 1 aliphatic carbocycles. The van der Waals surface area contributed by atoms with Gasteiger partial charge in [0.25, 0.3) is 0 Å². The first-order valence-corrected chi connectivity index (χ1v) is 7.01. The maximum atomic E-state index is 7.48. The highest BCUT2D eigenvalue weighted by Gasteiger charge is 2.22. The summed E-state index contributed by atoms with van der Waals surface area (Å²) in [6.07, 6.45) is 3.52. The van der Waals surface area contributed by atoms with Crippen LogP contribution in [0.15, 0.2) is 18.2 Å². The maximum absolute atomic E-state index is 7.48. The summed E-state index contributed by atoms with van der Waals surface area (Å²) in [5.74, 6) is 0.138. The molecular weight excluding hydrogens is 238 g/mol. The molecule has 1 aromatic carbocycles. The average molecular weight is 259 g/mol. The molecule has 0 amide bonds. The number of benzene rings is 1. The summed E-state index contributed by atoms with van der Waals surface area (Å²) in [6, 6.07) is 6.86. The summed E-state index contributed by atoms with van der Waals surface area (Å²) < 4.78 is 5.49. The van der Waals surface area contributed by atoms with E-state index in [1.165, 1.54) is 36.0 Å². The molecule has 4 nitrogen and oxygen atoms in total. The summed E-state index contributed by atoms with van der Waals surface area (Å²) in [5, 5.41) is 7.48. The standard InChI is InChI=1S/C15H21N3O/c16-15(17)14-10-18(6-7-19-14)9-11-4-5-12-2-1-3-13(12)8-11/h4-5,8,14H,1-3,6-7,9-10H2,(H3,16,17). The smallest absolute Gasteiger partial charge is 0.127 e. The lowest BCUT2D eigenvalue weighted by atomic mass is 10.1. The van der Waals surface area contributed by atoms with Crippen molar-refractivity contribution in [3.05, 3.63) is 34.9 Å². The van der Waals surface area contributed by atoms with Crippen molar-refractivity contribution in [1.82, 2.24) is 4.90 Å². The van der Waals surface area contributed by atoms with Crippen LogP contribution in [-0.2, 0) is 24.1 Å². The zero-order chi connectivity index (χ0) is 13.2. The Hall–Kier alpha value is -1.39. The Morgan fingerprint density at radius 1 is 1.37 bits per heavy atom. The van der Waals surface area contributed by atoms with Gasteiger partial charge in [0.15, 0.2) is 0 Å². The van der Waals surface area contributed by atoms with Crippen molar-refractivity contribution >= 4 is 5.84 Å². The third-order valence-corrected chi connectivity index (χ3v) is 4.07. The Bertz CT molecular complexity index is 486. The van der Waals surface area contributed by atoms with Crippen LogP contribution in [0.3, 0.4) is 0 Å². The van der Waals surface area contributed by atoms with Gasteiger partial charge in [-0.3, -0.25) is 10.3 Å². The zero-order valence-electron chi connectivity index (χ0n) is 11.2. The number of morpholine rings is 1. The largest absolute Gasteiger partial charge is 0.385 e. The van der Waals surface area contributed by atoms with Crippen LogP contribution in [0.5, 0.6) is 0 Å². The SMILES string of the molecule is N=C(N)C1CN(Cc2ccc3c(c2)CCC3)CCO1. The van der Waals surface area contributed by atoms with E-state index in [1.807, 2.05) is 0 Å². The van der Waals surface area contributed by atoms with Crippen molar-refractivity contribution in [2.75, 3.05) is 19.7 Å². The summed E-state index contributed by atoms with van der Waals surface area (Å²) in [7, 11) is 0. The topological polar surface area (TPSA) is 62.3 Å². The van der Waals surface area contributed by atoms with Crippen LogP contribution < -0.4 is 5.73 Å². The predicted octanol–water partition coefficient (Wildman–Crippen LogP) is 1.31. The van der Waals surface area contributed by atoms with E-state index < -0.39 is 0 Å². The molecule has 1 heterocycles. The van der Waals surface area contributed by atoms with Crippen LogP contribution in [0.25, 0.3) is 0 Å². The van der Waals surface area contributed by atoms with Crippen molar-refractivity contribution in [2.24, 2.45) is 5.73 Å². The Labute approximate surface area is 114 Å². The molecule has 1 unspecified atom stereocenters. The average Bonchev–Trinajstić information content (AvgIpc) is 2.86. The summed E-state index contributed by atoms with van der Waals surface area (Å²) in [4.78, 5) is 2.33. The quantitative estimate of drug-likeness (QED) is 0.635. The number of nitrogens with zero attached hydrogens (tertiary/aromatic N) is 1. The molecule has 19 heavy (non-hydrogen) atoms. The number of amidine groups is 1. The fourth-order valence-corrected chi connectivity index (χ4v) is 3.02. The molecule has 0 saturated carbocycles. The van der Waals surface area contributed by atoms with Gasteiger partial charge < -0.3 is 10.5 Å². The highest BCUT2D eigenvalue weighted by atomic mass is 16.5. The minimum atomic E-state index is -0.233. The molecule has 0 spiro atoms. The number of nitrogens with two attached hydrogens (primary N) is 1. The molecule has 0 bridgehead atoms. The Morgan fingerprint density at radius 2 is 2.21 bits per heavy atom. The Morgan fingerprint density at radius 3 is 3.05 bits per heavy atom. The van der Waals surface area contributed by atoms with Crippen molar-refractivity contribution < 1.29 is 4.74 Å². The van der Waals surface area contributed by atoms with Crippen LogP contribution >= 0.6 is 0 Å². The lowest BCUT2D eigenvalue weighted by Gasteiger charge is -2.32. The van der Waals surface area contributed by atoms with Crippen molar-refractivity contribution in [1.29, 1.82) is 5.41 Å². The lowest BCUT2D eigenvalue weighted by Crippen LogP contribution is -2.47. The number of ether oxygens (including phenoxy) is 1. The third-order valence-electron chi connectivity index (χ3n) is 4.07. The lowest BCUT2D eigenvalue weighted by molar-refractivity contribution is 0.00236. The van der Waals surface area contributed by atoms with E-state index in [-0.39, 0.29) is 11.9 Å². The van der Waals surface area contributed by atoms with Crippen LogP contribution in [0, 0.1) is 5.41 Å². The fraction of sp³-hybridized carbons (Fsp3) is 0.533. The van der Waals surface area contributed by atoms with Gasteiger partial charge in [-0.2, -0.15) is 0 Å². The molecule has 1 aliphatic heterocycles. The molecule has 0 radical (unpaired) electrons. The van der Waals surface area contributed by atoms with Gasteiger partial charge in [0.05, 0.1) is 6.61 Å². The second-order valence-electron chi connectivity index (χ2n) is 5.51. The molecule has 1 fully saturated rings. The second kappa shape index (κ2) is 5.31. The number of hydrogen-bond acceptors (Lipinski definition) is 3. The van der Waals surface area contributed by atoms with Gasteiger partial charge in [0, 0.05) is 19.6 Å². The van der Waals surface area contributed by atoms with E-state index in [2.05, 4.69) is 23.1 Å². The van der Waals surface area contributed by atoms with Gasteiger partial charge in [-0.15, -0.1) is 0 Å². The van der Waals surface area contributed by atoms with Crippen molar-refractivity contribution in [3.8, 4) is 0 Å². The predicted molar refractivity (Wildman–Crippen MR) is 75.4 cm³/mol. The summed E-state index contributed by atoms with van der Waals surface area (Å²) in [6.45, 7) is 3.24. The molecule has 1 aromatic rings. The van der Waals surface area contributed by atoms with Gasteiger partial charge in [-0.1, -0.05) is 18.2 Å². The third kappa shape index (κ3) is 2.80. The highest BCUT2D eigenvalue weighted by Crippen LogP contribution is 2.23. The van der Waals surface area contributed by atoms with E-state index >= 15 is 0 Å². The van der Waals surface area contributed by atoms with Gasteiger partial charge in [-0.05, 0) is 36.0 Å². The highest BCUT2D eigenvalue weighted by molar-refractivity contribution is 5.82. The van der Waals surface area contributed by atoms with Gasteiger partial charge in [0.2, 0.25) is 0 Å². The number of hydrogen-bond donors (Lipinski definition) is 2. The van der Waals surface area contributed by atoms with Crippen LogP contribution in [-0.4, -0.2) is 36.5 Å². The zero-order valence-corrected chi connectivity index (χ0v) is 11.2. The number of nitrogens with one attached hydrogen (secondary N) is 1. The Kier molecular flexibility index (Phi) is 3.53. The summed E-state index contributed by atoms with van der Waals surface area (Å²) >= 11 is 0. The van der Waals surface area contributed by atoms with Gasteiger partial charge in [-0.25, -0.2) is 0 Å². The maximum Gasteiger partial charge on any atom is 0.127 e. The van der Waals surface area contributed by atoms with Crippen LogP contribution in [0.4, 0.5) is 0 Å². The van der Waals surface area contributed by atoms with E-state index in [4.69, 9.17) is 15.9 Å². The van der Waals surface area contributed by atoms with Crippen LogP contribution in [0.1, 0.15) is 23.1 Å². The van der Waals surface area contributed by atoms with E-state index in [0.717, 1.165) is 19.6 Å². The molecule has 1 atom stereocenters. The molecule has 2 aliphatic rings. The Balaban J connectivity index is 1.66. The molecular formula is C15H21N3O. The fourth-order valence-electron chi connectivity index (χ4n) is 3.02. The van der Waals surface area contributed by atoms with E-state index in [1.54, 1.807) is 0 Å². The van der Waals surface area contributed by atoms with Gasteiger partial charge in [0.1, 0.15) is 11.9 Å². The first-order chi connectivity index (χ1) is 9.22. The minimum Gasteiger partial charge on any atom is -0.385 e. The van der Waals surface area contributed by atoms with Crippen molar-refractivity contribution in [2.45, 2.75) is 31.9 Å². The molecule has 1 saturated heterocycles. The minimum absolute atomic E-state index is 0.138. The monoisotopic (exact) mass is 259 g/mol. The van der Waals surface area contributed by atoms with E-state index in [0.29, 0.717) is 6.61 Å². The van der Waals surface area contributed by atoms with Crippen molar-refractivity contribution in [3.63, 3.8) is 0 Å². The van der Waals surface area contributed by atoms with Gasteiger partial charge >= 0.3 is 0 Å². The molecule has 4 heteroatoms. The molecule has 0 aromatic heterocycles. The first kappa shape index (κ1) is 12.6. The summed E-state index contributed by atoms with van der Waals surface area (Å²) in [5.41, 5.74) is 9.94. The first-order valence-electron chi connectivity index (χ1n) is 7.01. The molecule has 102 valence electrons. The molecule has 3 rings (SSSR count). The van der Waals surface area contributed by atoms with Crippen LogP contribution in [0.2, 0.25) is 0 Å². The van der Waals surface area contributed by atoms with E-state index in [9.17, 15) is 0 Å². The number of aryl methyl sites for hydroxylation is 2.